The van der Waals surface area contributed by atoms with Crippen molar-refractivity contribution >= 4 is 29.0 Å². The van der Waals surface area contributed by atoms with Gasteiger partial charge < -0.3 is 15.0 Å². The number of hydrogen-bond donors (Lipinski definition) is 1. The number of halogens is 1. The molecule has 0 atom stereocenters. The van der Waals surface area contributed by atoms with E-state index in [1.54, 1.807) is 30.3 Å². The van der Waals surface area contributed by atoms with E-state index in [4.69, 9.17) is 16.3 Å². The van der Waals surface area contributed by atoms with E-state index >= 15 is 0 Å². The topological polar surface area (TPSA) is 76.5 Å². The van der Waals surface area contributed by atoms with Crippen molar-refractivity contribution in [2.24, 2.45) is 5.92 Å². The molecule has 1 aliphatic heterocycles. The van der Waals surface area contributed by atoms with Crippen molar-refractivity contribution in [2.45, 2.75) is 19.8 Å². The first-order valence-corrected chi connectivity index (χ1v) is 11.1. The minimum absolute atomic E-state index is 0.00587. The molecule has 2 aromatic carbocycles. The van der Waals surface area contributed by atoms with Gasteiger partial charge in [-0.15, -0.1) is 5.10 Å². The normalized spacial score (nSPS) is 14.2. The number of carbonyl (C=O) groups excluding carboxylic acids is 1. The van der Waals surface area contributed by atoms with E-state index in [0.717, 1.165) is 0 Å². The molecule has 0 saturated carbocycles. The summed E-state index contributed by atoms with van der Waals surface area (Å²) in [6.45, 7) is 3.80. The number of hydrogen-bond acceptors (Lipinski definition) is 5. The van der Waals surface area contributed by atoms with Gasteiger partial charge in [-0.05, 0) is 56.2 Å². The Bertz CT molecular complexity index is 1160. The van der Waals surface area contributed by atoms with Crippen LogP contribution in [0.1, 0.15) is 19.8 Å². The summed E-state index contributed by atoms with van der Waals surface area (Å²) in [7, 11) is 0. The highest BCUT2D eigenvalue weighted by Crippen LogP contribution is 2.27. The second kappa shape index (κ2) is 9.87. The van der Waals surface area contributed by atoms with Gasteiger partial charge in [0.1, 0.15) is 11.6 Å². The molecular weight excluding hydrogens is 428 g/mol. The van der Waals surface area contributed by atoms with Crippen molar-refractivity contribution in [1.29, 1.82) is 0 Å². The smallest absolute Gasteiger partial charge is 0.271 e. The third kappa shape index (κ3) is 4.94. The fraction of sp³-hybridized carbons (Fsp3) is 0.292. The second-order valence-corrected chi connectivity index (χ2v) is 8.04. The van der Waals surface area contributed by atoms with Gasteiger partial charge >= 0.3 is 0 Å². The van der Waals surface area contributed by atoms with Crippen LogP contribution in [0.4, 0.5) is 11.5 Å². The lowest BCUT2D eigenvalue weighted by Crippen LogP contribution is -2.39. The fourth-order valence-corrected chi connectivity index (χ4v) is 4.00. The third-order valence-electron chi connectivity index (χ3n) is 5.47. The van der Waals surface area contributed by atoms with Crippen molar-refractivity contribution in [3.63, 3.8) is 0 Å². The molecule has 0 aliphatic carbocycles. The number of carbonyl (C=O) groups is 1. The first-order valence-electron chi connectivity index (χ1n) is 10.7. The van der Waals surface area contributed by atoms with E-state index < -0.39 is 0 Å². The largest absolute Gasteiger partial charge is 0.492 e. The number of anilines is 2. The Balaban J connectivity index is 1.42. The number of amides is 1. The molecule has 0 bridgehead atoms. The molecule has 0 spiro atoms. The summed E-state index contributed by atoms with van der Waals surface area (Å²) >= 11 is 6.07. The summed E-state index contributed by atoms with van der Waals surface area (Å²) in [5.41, 5.74) is 1.09. The number of piperidine rings is 1. The zero-order chi connectivity index (χ0) is 22.5. The van der Waals surface area contributed by atoms with Crippen LogP contribution in [0.25, 0.3) is 5.69 Å². The van der Waals surface area contributed by atoms with Gasteiger partial charge in [0.15, 0.2) is 0 Å². The molecule has 0 radical (unpaired) electrons. The highest BCUT2D eigenvalue weighted by Gasteiger charge is 2.26. The Morgan fingerprint density at radius 1 is 1.12 bits per heavy atom. The Morgan fingerprint density at radius 3 is 2.66 bits per heavy atom. The number of nitrogens with one attached hydrogen (secondary N) is 1. The van der Waals surface area contributed by atoms with Crippen LogP contribution in [0, 0.1) is 5.92 Å². The Kier molecular flexibility index (Phi) is 6.75. The third-order valence-corrected chi connectivity index (χ3v) is 5.71. The minimum Gasteiger partial charge on any atom is -0.492 e. The van der Waals surface area contributed by atoms with Crippen molar-refractivity contribution in [3.8, 4) is 11.4 Å². The molecule has 1 amide bonds. The van der Waals surface area contributed by atoms with E-state index in [-0.39, 0.29) is 17.4 Å². The number of rotatable bonds is 6. The number of benzene rings is 2. The van der Waals surface area contributed by atoms with Gasteiger partial charge in [0, 0.05) is 30.1 Å². The first-order chi connectivity index (χ1) is 15.5. The highest BCUT2D eigenvalue weighted by atomic mass is 35.5. The summed E-state index contributed by atoms with van der Waals surface area (Å²) in [5.74, 6) is 1.27. The average Bonchev–Trinajstić information content (AvgIpc) is 2.81. The SMILES string of the molecule is CCOc1ccccc1NC(=O)C1CCN(c2ccc(=O)n(-c3cccc(Cl)c3)n2)CC1. The average molecular weight is 453 g/mol. The first kappa shape index (κ1) is 21.9. The molecule has 8 heteroatoms. The summed E-state index contributed by atoms with van der Waals surface area (Å²) < 4.78 is 6.95. The van der Waals surface area contributed by atoms with Crippen molar-refractivity contribution < 1.29 is 9.53 Å². The lowest BCUT2D eigenvalue weighted by molar-refractivity contribution is -0.120. The summed E-state index contributed by atoms with van der Waals surface area (Å²) in [6.07, 6.45) is 1.39. The van der Waals surface area contributed by atoms with Gasteiger partial charge in [-0.2, -0.15) is 4.68 Å². The van der Waals surface area contributed by atoms with Crippen LogP contribution in [0.3, 0.4) is 0 Å². The maximum Gasteiger partial charge on any atom is 0.271 e. The number of para-hydroxylation sites is 2. The summed E-state index contributed by atoms with van der Waals surface area (Å²) in [4.78, 5) is 27.3. The highest BCUT2D eigenvalue weighted by molar-refractivity contribution is 6.30. The van der Waals surface area contributed by atoms with E-state index in [2.05, 4.69) is 15.3 Å². The standard InChI is InChI=1S/C24H25ClN4O3/c1-2-32-21-9-4-3-8-20(21)26-24(31)17-12-14-28(15-13-17)22-10-11-23(30)29(27-22)19-7-5-6-18(25)16-19/h3-11,16-17H,2,12-15H2,1H3,(H,26,31). The summed E-state index contributed by atoms with van der Waals surface area (Å²) in [5, 5.41) is 8.08. The van der Waals surface area contributed by atoms with Crippen molar-refractivity contribution in [3.05, 3.63) is 76.0 Å². The predicted molar refractivity (Wildman–Crippen MR) is 126 cm³/mol. The molecule has 0 unspecified atom stereocenters. The quantitative estimate of drug-likeness (QED) is 0.608. The van der Waals surface area contributed by atoms with Crippen LogP contribution >= 0.6 is 11.6 Å². The molecule has 1 fully saturated rings. The van der Waals surface area contributed by atoms with Crippen LogP contribution in [0.5, 0.6) is 5.75 Å². The Hall–Kier alpha value is -3.32. The molecule has 166 valence electrons. The molecule has 1 aromatic heterocycles. The van der Waals surface area contributed by atoms with E-state index in [0.29, 0.717) is 60.5 Å². The maximum atomic E-state index is 12.8. The van der Waals surface area contributed by atoms with Crippen LogP contribution in [0.15, 0.2) is 65.5 Å². The van der Waals surface area contributed by atoms with Crippen LogP contribution in [-0.2, 0) is 4.79 Å². The van der Waals surface area contributed by atoms with Gasteiger partial charge in [-0.25, -0.2) is 0 Å². The molecule has 1 aliphatic rings. The number of nitrogens with zero attached hydrogens (tertiary/aromatic N) is 3. The Morgan fingerprint density at radius 2 is 1.91 bits per heavy atom. The van der Waals surface area contributed by atoms with Gasteiger partial charge in [-0.1, -0.05) is 29.8 Å². The zero-order valence-electron chi connectivity index (χ0n) is 17.8. The van der Waals surface area contributed by atoms with E-state index in [1.807, 2.05) is 31.2 Å². The molecule has 3 aromatic rings. The monoisotopic (exact) mass is 452 g/mol. The van der Waals surface area contributed by atoms with Crippen molar-refractivity contribution in [1.82, 2.24) is 9.78 Å². The fourth-order valence-electron chi connectivity index (χ4n) is 3.82. The summed E-state index contributed by atoms with van der Waals surface area (Å²) in [6, 6.07) is 17.7. The molecule has 1 saturated heterocycles. The van der Waals surface area contributed by atoms with Crippen LogP contribution < -0.4 is 20.5 Å². The lowest BCUT2D eigenvalue weighted by Gasteiger charge is -2.32. The van der Waals surface area contributed by atoms with Crippen molar-refractivity contribution in [2.75, 3.05) is 29.9 Å². The molecule has 4 rings (SSSR count). The van der Waals surface area contributed by atoms with Gasteiger partial charge in [0.2, 0.25) is 5.91 Å². The number of aromatic nitrogens is 2. The van der Waals surface area contributed by atoms with E-state index in [9.17, 15) is 9.59 Å². The predicted octanol–water partition coefficient (Wildman–Crippen LogP) is 4.14. The molecular formula is C24H25ClN4O3. The maximum absolute atomic E-state index is 12.8. The molecule has 32 heavy (non-hydrogen) atoms. The van der Waals surface area contributed by atoms with Gasteiger partial charge in [0.05, 0.1) is 18.0 Å². The van der Waals surface area contributed by atoms with Gasteiger partial charge in [-0.3, -0.25) is 9.59 Å². The van der Waals surface area contributed by atoms with Gasteiger partial charge in [0.25, 0.3) is 5.56 Å². The lowest BCUT2D eigenvalue weighted by atomic mass is 9.95. The Labute approximate surface area is 191 Å². The molecule has 1 N–H and O–H groups in total. The zero-order valence-corrected chi connectivity index (χ0v) is 18.6. The second-order valence-electron chi connectivity index (χ2n) is 7.60. The molecule has 2 heterocycles. The van der Waals surface area contributed by atoms with E-state index in [1.165, 1.54) is 10.7 Å². The van der Waals surface area contributed by atoms with Crippen LogP contribution in [0.2, 0.25) is 5.02 Å². The minimum atomic E-state index is -0.224. The molecule has 7 nitrogen and oxygen atoms in total. The number of ether oxygens (including phenoxy) is 1. The van der Waals surface area contributed by atoms with Crippen LogP contribution in [-0.4, -0.2) is 35.4 Å².